The van der Waals surface area contributed by atoms with E-state index >= 15 is 4.39 Å². The van der Waals surface area contributed by atoms with Gasteiger partial charge < -0.3 is 15.2 Å². The van der Waals surface area contributed by atoms with Gasteiger partial charge in [-0.1, -0.05) is 62.4 Å². The Kier molecular flexibility index (Phi) is 7.38. The van der Waals surface area contributed by atoms with E-state index in [2.05, 4.69) is 10.6 Å². The lowest BCUT2D eigenvalue weighted by molar-refractivity contribution is -0.129. The van der Waals surface area contributed by atoms with E-state index in [1.165, 1.54) is 6.07 Å². The molecule has 0 radical (unpaired) electrons. The molecule has 3 aromatic carbocycles. The molecule has 2 atom stereocenters. The number of Topliss-reactive ketones (excluding diaryl/α,β-unsaturated/α-hetero) is 1. The monoisotopic (exact) mass is 515 g/mol. The van der Waals surface area contributed by atoms with E-state index in [1.54, 1.807) is 53.2 Å². The Morgan fingerprint density at radius 1 is 1.00 bits per heavy atom. The van der Waals surface area contributed by atoms with Crippen molar-refractivity contribution in [1.82, 2.24) is 15.2 Å². The molecule has 0 bridgehead atoms. The number of benzene rings is 3. The highest BCUT2D eigenvalue weighted by Gasteiger charge is 2.32. The Morgan fingerprint density at radius 2 is 1.76 bits per heavy atom. The second-order valence-corrected chi connectivity index (χ2v) is 10.1. The molecule has 1 saturated heterocycles. The van der Waals surface area contributed by atoms with E-state index in [0.717, 1.165) is 13.0 Å². The van der Waals surface area contributed by atoms with Gasteiger partial charge in [-0.3, -0.25) is 9.59 Å². The fourth-order valence-corrected chi connectivity index (χ4v) is 5.26. The van der Waals surface area contributed by atoms with Crippen molar-refractivity contribution in [3.63, 3.8) is 0 Å². The molecule has 0 saturated carbocycles. The topological polar surface area (TPSA) is 63.1 Å². The van der Waals surface area contributed by atoms with Crippen LogP contribution in [0.15, 0.2) is 72.9 Å². The summed E-state index contributed by atoms with van der Waals surface area (Å²) < 4.78 is 32.0. The Labute approximate surface area is 220 Å². The van der Waals surface area contributed by atoms with Gasteiger partial charge in [0.05, 0.1) is 18.1 Å². The van der Waals surface area contributed by atoms with Crippen LogP contribution in [0.5, 0.6) is 0 Å². The van der Waals surface area contributed by atoms with Gasteiger partial charge in [-0.2, -0.15) is 0 Å². The Morgan fingerprint density at radius 3 is 2.47 bits per heavy atom. The molecule has 7 heteroatoms. The van der Waals surface area contributed by atoms with Gasteiger partial charge >= 0.3 is 0 Å². The highest BCUT2D eigenvalue weighted by Crippen LogP contribution is 2.36. The van der Waals surface area contributed by atoms with Gasteiger partial charge in [0.1, 0.15) is 17.7 Å². The number of hydrogen-bond acceptors (Lipinski definition) is 3. The van der Waals surface area contributed by atoms with Gasteiger partial charge in [0.2, 0.25) is 5.91 Å². The highest BCUT2D eigenvalue weighted by molar-refractivity contribution is 5.94. The van der Waals surface area contributed by atoms with E-state index < -0.39 is 17.9 Å². The minimum atomic E-state index is -1.10. The molecule has 1 amide bonds. The maximum atomic E-state index is 16.1. The Bertz CT molecular complexity index is 1470. The molecule has 2 unspecified atom stereocenters. The summed E-state index contributed by atoms with van der Waals surface area (Å²) in [6, 6.07) is 17.4. The van der Waals surface area contributed by atoms with Gasteiger partial charge in [-0.15, -0.1) is 0 Å². The number of hydrogen-bond donors (Lipinski definition) is 2. The first-order valence-electron chi connectivity index (χ1n) is 13.0. The van der Waals surface area contributed by atoms with Crippen LogP contribution in [0.3, 0.4) is 0 Å². The summed E-state index contributed by atoms with van der Waals surface area (Å²) in [5.74, 6) is -1.46. The third kappa shape index (κ3) is 4.98. The molecule has 1 aliphatic heterocycles. The van der Waals surface area contributed by atoms with Crippen molar-refractivity contribution in [2.45, 2.75) is 51.2 Å². The predicted molar refractivity (Wildman–Crippen MR) is 145 cm³/mol. The summed E-state index contributed by atoms with van der Waals surface area (Å²) in [5.41, 5.74) is 2.44. The fourth-order valence-electron chi connectivity index (χ4n) is 5.26. The number of nitrogens with one attached hydrogen (secondary N) is 2. The largest absolute Gasteiger partial charge is 0.341 e. The lowest BCUT2D eigenvalue weighted by Crippen LogP contribution is -2.44. The fraction of sp³-hybridized carbons (Fsp3) is 0.290. The lowest BCUT2D eigenvalue weighted by Gasteiger charge is -2.25. The van der Waals surface area contributed by atoms with Crippen LogP contribution in [0.2, 0.25) is 0 Å². The van der Waals surface area contributed by atoms with Crippen molar-refractivity contribution in [3.05, 3.63) is 95.7 Å². The minimum absolute atomic E-state index is 0.0703. The molecule has 38 heavy (non-hydrogen) atoms. The van der Waals surface area contributed by atoms with Crippen molar-refractivity contribution in [2.75, 3.05) is 6.54 Å². The van der Waals surface area contributed by atoms with Gasteiger partial charge in [-0.25, -0.2) is 8.78 Å². The standard InChI is InChI=1S/C31H31F2N3O2/c1-19(2)21-13-14-23(28(29(21)33)20-8-4-3-5-9-20)30(35-31(38)25-11-7-16-34-25)27(37)18-36-17-15-22-24(32)10-6-12-26(22)36/h3-6,8-10,12-15,17,19,25,30,34H,7,11,16,18H2,1-2H3,(H,35,38). The van der Waals surface area contributed by atoms with E-state index in [9.17, 15) is 14.0 Å². The number of nitrogens with zero attached hydrogens (tertiary/aromatic N) is 1. The van der Waals surface area contributed by atoms with E-state index in [1.807, 2.05) is 32.0 Å². The Balaban J connectivity index is 1.60. The molecular formula is C31H31F2N3O2. The first-order valence-corrected chi connectivity index (χ1v) is 13.0. The summed E-state index contributed by atoms with van der Waals surface area (Å²) in [5, 5.41) is 6.50. The first-order chi connectivity index (χ1) is 18.3. The van der Waals surface area contributed by atoms with Crippen LogP contribution in [0, 0.1) is 11.6 Å². The number of fused-ring (bicyclic) bond motifs is 1. The van der Waals surface area contributed by atoms with Crippen molar-refractivity contribution >= 4 is 22.6 Å². The molecule has 4 aromatic rings. The molecular weight excluding hydrogens is 484 g/mol. The zero-order valence-electron chi connectivity index (χ0n) is 21.5. The maximum absolute atomic E-state index is 16.1. The summed E-state index contributed by atoms with van der Waals surface area (Å²) >= 11 is 0. The van der Waals surface area contributed by atoms with E-state index in [0.29, 0.717) is 39.6 Å². The maximum Gasteiger partial charge on any atom is 0.237 e. The Hall–Kier alpha value is -3.84. The molecule has 196 valence electrons. The average Bonchev–Trinajstić information content (AvgIpc) is 3.59. The van der Waals surface area contributed by atoms with Crippen LogP contribution in [0.25, 0.3) is 22.0 Å². The van der Waals surface area contributed by atoms with Crippen LogP contribution in [0.1, 0.15) is 49.8 Å². The predicted octanol–water partition coefficient (Wildman–Crippen LogP) is 5.89. The van der Waals surface area contributed by atoms with Crippen molar-refractivity contribution < 1.29 is 18.4 Å². The van der Waals surface area contributed by atoms with Crippen LogP contribution in [0.4, 0.5) is 8.78 Å². The number of aromatic nitrogens is 1. The summed E-state index contributed by atoms with van der Waals surface area (Å²) in [6.07, 6.45) is 3.19. The van der Waals surface area contributed by atoms with E-state index in [4.69, 9.17) is 0 Å². The first kappa shape index (κ1) is 25.8. The molecule has 5 nitrogen and oxygen atoms in total. The smallest absolute Gasteiger partial charge is 0.237 e. The molecule has 5 rings (SSSR count). The third-order valence-electron chi connectivity index (χ3n) is 7.27. The molecule has 2 N–H and O–H groups in total. The molecule has 2 heterocycles. The summed E-state index contributed by atoms with van der Waals surface area (Å²) in [7, 11) is 0. The van der Waals surface area contributed by atoms with Crippen LogP contribution >= 0.6 is 0 Å². The molecule has 1 aromatic heterocycles. The normalized spacial score (nSPS) is 16.2. The van der Waals surface area contributed by atoms with E-state index in [-0.39, 0.29) is 30.0 Å². The third-order valence-corrected chi connectivity index (χ3v) is 7.27. The van der Waals surface area contributed by atoms with Crippen LogP contribution in [-0.2, 0) is 16.1 Å². The SMILES string of the molecule is CC(C)c1ccc(C(NC(=O)C2CCCN2)C(=O)Cn2ccc3c(F)cccc32)c(-c2ccccc2)c1F. The van der Waals surface area contributed by atoms with Crippen molar-refractivity contribution in [1.29, 1.82) is 0 Å². The second kappa shape index (κ2) is 10.9. The summed E-state index contributed by atoms with van der Waals surface area (Å²) in [4.78, 5) is 27.2. The highest BCUT2D eigenvalue weighted by atomic mass is 19.1. The minimum Gasteiger partial charge on any atom is -0.341 e. The number of ketones is 1. The van der Waals surface area contributed by atoms with Crippen molar-refractivity contribution in [2.24, 2.45) is 0 Å². The molecule has 0 aliphatic carbocycles. The zero-order chi connectivity index (χ0) is 26.8. The summed E-state index contributed by atoms with van der Waals surface area (Å²) in [6.45, 7) is 4.45. The van der Waals surface area contributed by atoms with Gasteiger partial charge in [0, 0.05) is 17.1 Å². The van der Waals surface area contributed by atoms with Gasteiger partial charge in [0.15, 0.2) is 5.78 Å². The number of carbonyl (C=O) groups excluding carboxylic acids is 2. The number of rotatable bonds is 8. The molecule has 1 aliphatic rings. The molecule has 1 fully saturated rings. The zero-order valence-corrected chi connectivity index (χ0v) is 21.5. The second-order valence-electron chi connectivity index (χ2n) is 10.1. The number of halogens is 2. The quantitative estimate of drug-likeness (QED) is 0.308. The number of carbonyl (C=O) groups is 2. The van der Waals surface area contributed by atoms with Crippen molar-refractivity contribution in [3.8, 4) is 11.1 Å². The van der Waals surface area contributed by atoms with Crippen LogP contribution < -0.4 is 10.6 Å². The number of amides is 1. The molecule has 0 spiro atoms. The average molecular weight is 516 g/mol. The van der Waals surface area contributed by atoms with Gasteiger partial charge in [0.25, 0.3) is 0 Å². The van der Waals surface area contributed by atoms with Gasteiger partial charge in [-0.05, 0) is 60.2 Å². The lowest BCUT2D eigenvalue weighted by atomic mass is 9.88. The van der Waals surface area contributed by atoms with Crippen LogP contribution in [-0.4, -0.2) is 28.8 Å².